The third-order valence-electron chi connectivity index (χ3n) is 4.62. The summed E-state index contributed by atoms with van der Waals surface area (Å²) >= 11 is 0. The molecule has 8 nitrogen and oxygen atoms in total. The first-order chi connectivity index (χ1) is 16.2. The molecule has 1 N–H and O–H groups in total. The van der Waals surface area contributed by atoms with E-state index in [0.717, 1.165) is 4.57 Å². The SMILES string of the molecule is COc1ccc(/C=N\NC(=O)Cn2cnc3ccccc3c2=O)cc1COCC(F)(F)C(F)F. The van der Waals surface area contributed by atoms with Crippen LogP contribution in [0.15, 0.2) is 58.7 Å². The zero-order chi connectivity index (χ0) is 24.7. The Morgan fingerprint density at radius 3 is 2.76 bits per heavy atom. The lowest BCUT2D eigenvalue weighted by Gasteiger charge is -2.16. The van der Waals surface area contributed by atoms with Gasteiger partial charge < -0.3 is 9.47 Å². The molecule has 3 aromatic rings. The number of fused-ring (bicyclic) bond motifs is 1. The van der Waals surface area contributed by atoms with Crippen molar-refractivity contribution < 1.29 is 31.8 Å². The summed E-state index contributed by atoms with van der Waals surface area (Å²) in [6, 6.07) is 11.3. The smallest absolute Gasteiger partial charge is 0.330 e. The molecule has 0 saturated carbocycles. The van der Waals surface area contributed by atoms with Crippen molar-refractivity contribution in [1.82, 2.24) is 15.0 Å². The van der Waals surface area contributed by atoms with Gasteiger partial charge in [0.25, 0.3) is 11.5 Å². The zero-order valence-electron chi connectivity index (χ0n) is 17.9. The molecule has 0 aliphatic rings. The molecule has 34 heavy (non-hydrogen) atoms. The molecule has 0 radical (unpaired) electrons. The van der Waals surface area contributed by atoms with Crippen molar-refractivity contribution in [2.45, 2.75) is 25.5 Å². The fourth-order valence-corrected chi connectivity index (χ4v) is 2.94. The number of amides is 1. The molecule has 1 heterocycles. The second kappa shape index (κ2) is 10.9. The van der Waals surface area contributed by atoms with Gasteiger partial charge in [0.1, 0.15) is 18.9 Å². The molecule has 12 heteroatoms. The summed E-state index contributed by atoms with van der Waals surface area (Å²) in [7, 11) is 1.35. The van der Waals surface area contributed by atoms with Crippen LogP contribution < -0.4 is 15.7 Å². The number of carbonyl (C=O) groups excluding carboxylic acids is 1. The number of nitrogens with one attached hydrogen (secondary N) is 1. The van der Waals surface area contributed by atoms with Crippen LogP contribution in [-0.2, 0) is 22.7 Å². The number of rotatable bonds is 10. The van der Waals surface area contributed by atoms with Crippen LogP contribution in [0.1, 0.15) is 11.1 Å². The minimum atomic E-state index is -4.26. The Balaban J connectivity index is 1.62. The summed E-state index contributed by atoms with van der Waals surface area (Å²) in [5, 5.41) is 4.18. The first-order valence-electron chi connectivity index (χ1n) is 9.88. The molecule has 1 amide bonds. The monoisotopic (exact) mass is 480 g/mol. The van der Waals surface area contributed by atoms with E-state index in [9.17, 15) is 27.2 Å². The number of ether oxygens (including phenoxy) is 2. The number of methoxy groups -OCH3 is 1. The first-order valence-corrected chi connectivity index (χ1v) is 9.88. The summed E-state index contributed by atoms with van der Waals surface area (Å²) < 4.78 is 61.5. The van der Waals surface area contributed by atoms with E-state index in [4.69, 9.17) is 9.47 Å². The van der Waals surface area contributed by atoms with Crippen LogP contribution in [0, 0.1) is 0 Å². The van der Waals surface area contributed by atoms with Gasteiger partial charge in [-0.15, -0.1) is 0 Å². The number of para-hydroxylation sites is 1. The van der Waals surface area contributed by atoms with Crippen molar-refractivity contribution in [1.29, 1.82) is 0 Å². The number of aromatic nitrogens is 2. The maximum absolute atomic E-state index is 13.0. The van der Waals surface area contributed by atoms with E-state index in [1.54, 1.807) is 30.3 Å². The van der Waals surface area contributed by atoms with Gasteiger partial charge in [-0.2, -0.15) is 13.9 Å². The second-order valence-electron chi connectivity index (χ2n) is 7.11. The highest BCUT2D eigenvalue weighted by Crippen LogP contribution is 2.25. The number of alkyl halides is 4. The highest BCUT2D eigenvalue weighted by Gasteiger charge is 2.41. The average molecular weight is 480 g/mol. The van der Waals surface area contributed by atoms with Gasteiger partial charge in [-0.1, -0.05) is 12.1 Å². The molecule has 0 aliphatic carbocycles. The van der Waals surface area contributed by atoms with Crippen molar-refractivity contribution in [2.24, 2.45) is 5.10 Å². The first kappa shape index (κ1) is 24.8. The Bertz CT molecular complexity index is 1250. The molecule has 0 spiro atoms. The van der Waals surface area contributed by atoms with Crippen LogP contribution in [-0.4, -0.2) is 47.7 Å². The molecule has 3 rings (SSSR count). The number of hydrazone groups is 1. The normalized spacial score (nSPS) is 11.9. The summed E-state index contributed by atoms with van der Waals surface area (Å²) in [6.45, 7) is -2.17. The predicted molar refractivity (Wildman–Crippen MR) is 115 cm³/mol. The second-order valence-corrected chi connectivity index (χ2v) is 7.11. The summed E-state index contributed by atoms with van der Waals surface area (Å²) in [5.74, 6) is -4.55. The standard InChI is InChI=1S/C22H20F4N4O4/c1-33-18-7-6-14(8-15(18)11-34-12-22(25,26)21(23)24)9-28-29-19(31)10-30-13-27-17-5-3-2-4-16(17)20(30)32/h2-9,13,21H,10-12H2,1H3,(H,29,31)/b28-9-. The molecule has 0 saturated heterocycles. The van der Waals surface area contributed by atoms with Gasteiger partial charge in [-0.05, 0) is 35.9 Å². The Labute approximate surface area is 190 Å². The zero-order valence-corrected chi connectivity index (χ0v) is 17.9. The molecule has 2 aromatic carbocycles. The maximum atomic E-state index is 13.0. The van der Waals surface area contributed by atoms with Crippen LogP contribution in [0.2, 0.25) is 0 Å². The van der Waals surface area contributed by atoms with Crippen LogP contribution in [0.25, 0.3) is 10.9 Å². The Morgan fingerprint density at radius 1 is 1.26 bits per heavy atom. The Kier molecular flexibility index (Phi) is 7.95. The largest absolute Gasteiger partial charge is 0.496 e. The molecule has 0 atom stereocenters. The fourth-order valence-electron chi connectivity index (χ4n) is 2.94. The van der Waals surface area contributed by atoms with E-state index in [1.165, 1.54) is 31.8 Å². The molecule has 180 valence electrons. The van der Waals surface area contributed by atoms with Gasteiger partial charge in [0, 0.05) is 5.56 Å². The lowest BCUT2D eigenvalue weighted by atomic mass is 10.1. The van der Waals surface area contributed by atoms with Gasteiger partial charge in [0.2, 0.25) is 0 Å². The molecular formula is C22H20F4N4O4. The lowest BCUT2D eigenvalue weighted by Crippen LogP contribution is -2.32. The van der Waals surface area contributed by atoms with E-state index in [2.05, 4.69) is 15.5 Å². The van der Waals surface area contributed by atoms with Crippen molar-refractivity contribution >= 4 is 23.0 Å². The van der Waals surface area contributed by atoms with Crippen molar-refractivity contribution in [2.75, 3.05) is 13.7 Å². The van der Waals surface area contributed by atoms with E-state index < -0.39 is 31.5 Å². The Morgan fingerprint density at radius 2 is 2.03 bits per heavy atom. The molecule has 0 aliphatic heterocycles. The van der Waals surface area contributed by atoms with Crippen LogP contribution in [0.5, 0.6) is 5.75 Å². The molecular weight excluding hydrogens is 460 g/mol. The predicted octanol–water partition coefficient (Wildman–Crippen LogP) is 2.97. The van der Waals surface area contributed by atoms with E-state index in [-0.39, 0.29) is 12.1 Å². The van der Waals surface area contributed by atoms with Gasteiger partial charge in [-0.3, -0.25) is 14.2 Å². The van der Waals surface area contributed by atoms with Crippen LogP contribution >= 0.6 is 0 Å². The summed E-state index contributed by atoms with van der Waals surface area (Å²) in [6.07, 6.45) is -1.30. The van der Waals surface area contributed by atoms with E-state index in [1.807, 2.05) is 0 Å². The molecule has 1 aromatic heterocycles. The molecule has 0 unspecified atom stereocenters. The highest BCUT2D eigenvalue weighted by molar-refractivity contribution is 5.83. The van der Waals surface area contributed by atoms with Crippen molar-refractivity contribution in [3.8, 4) is 5.75 Å². The number of carbonyl (C=O) groups is 1. The van der Waals surface area contributed by atoms with E-state index in [0.29, 0.717) is 27.8 Å². The Hall–Kier alpha value is -3.80. The molecule has 0 bridgehead atoms. The molecule has 0 fully saturated rings. The number of nitrogens with zero attached hydrogens (tertiary/aromatic N) is 3. The fraction of sp³-hybridized carbons (Fsp3) is 0.273. The minimum Gasteiger partial charge on any atom is -0.496 e. The number of halogens is 4. The summed E-state index contributed by atoms with van der Waals surface area (Å²) in [4.78, 5) is 28.7. The van der Waals surface area contributed by atoms with Crippen molar-refractivity contribution in [3.05, 3.63) is 70.3 Å². The summed E-state index contributed by atoms with van der Waals surface area (Å²) in [5.41, 5.74) is 3.18. The topological polar surface area (TPSA) is 94.8 Å². The average Bonchev–Trinajstić information content (AvgIpc) is 2.81. The third kappa shape index (κ3) is 6.16. The van der Waals surface area contributed by atoms with Crippen LogP contribution in [0.3, 0.4) is 0 Å². The quantitative estimate of drug-likeness (QED) is 0.274. The minimum absolute atomic E-state index is 0.296. The number of hydrogen-bond acceptors (Lipinski definition) is 6. The van der Waals surface area contributed by atoms with Crippen LogP contribution in [0.4, 0.5) is 17.6 Å². The van der Waals surface area contributed by atoms with Gasteiger partial charge in [0.05, 0.1) is 37.2 Å². The van der Waals surface area contributed by atoms with Gasteiger partial charge >= 0.3 is 12.3 Å². The highest BCUT2D eigenvalue weighted by atomic mass is 19.3. The van der Waals surface area contributed by atoms with Gasteiger partial charge in [-0.25, -0.2) is 19.2 Å². The number of benzene rings is 2. The number of hydrogen-bond donors (Lipinski definition) is 1. The van der Waals surface area contributed by atoms with Crippen molar-refractivity contribution in [3.63, 3.8) is 0 Å². The maximum Gasteiger partial charge on any atom is 0.330 e. The third-order valence-corrected chi connectivity index (χ3v) is 4.62. The lowest BCUT2D eigenvalue weighted by molar-refractivity contribution is -0.168. The van der Waals surface area contributed by atoms with E-state index >= 15 is 0 Å². The van der Waals surface area contributed by atoms with Gasteiger partial charge in [0.15, 0.2) is 0 Å².